The van der Waals surface area contributed by atoms with Crippen molar-refractivity contribution in [2.45, 2.75) is 19.4 Å². The van der Waals surface area contributed by atoms with Crippen molar-refractivity contribution >= 4 is 22.9 Å². The number of thiazole rings is 1. The topological polar surface area (TPSA) is 24.9 Å². The minimum absolute atomic E-state index is 0.467. The Morgan fingerprint density at radius 3 is 2.88 bits per heavy atom. The highest BCUT2D eigenvalue weighted by atomic mass is 35.5. The molecule has 1 heterocycles. The third-order valence-electron chi connectivity index (χ3n) is 2.66. The van der Waals surface area contributed by atoms with Gasteiger partial charge in [0.2, 0.25) is 0 Å². The number of halogens is 1. The molecule has 0 saturated heterocycles. The molecule has 0 radical (unpaired) electrons. The Kier molecular flexibility index (Phi) is 4.15. The van der Waals surface area contributed by atoms with Gasteiger partial charge in [0.15, 0.2) is 0 Å². The Hall–Kier alpha value is -0.900. The Morgan fingerprint density at radius 2 is 2.18 bits per heavy atom. The number of hydrogen-bond donors (Lipinski definition) is 1. The van der Waals surface area contributed by atoms with E-state index in [0.29, 0.717) is 6.04 Å². The predicted molar refractivity (Wildman–Crippen MR) is 74.8 cm³/mol. The fourth-order valence-corrected chi connectivity index (χ4v) is 2.93. The van der Waals surface area contributed by atoms with Gasteiger partial charge >= 0.3 is 0 Å². The van der Waals surface area contributed by atoms with Crippen LogP contribution in [0.5, 0.6) is 0 Å². The van der Waals surface area contributed by atoms with Gasteiger partial charge in [0, 0.05) is 22.7 Å². The summed E-state index contributed by atoms with van der Waals surface area (Å²) in [6.07, 6.45) is 2.94. The number of likely N-dealkylation sites (N-methyl/N-ethyl adjacent to an activating group) is 1. The van der Waals surface area contributed by atoms with Crippen molar-refractivity contribution in [1.29, 1.82) is 0 Å². The van der Waals surface area contributed by atoms with Crippen LogP contribution >= 0.6 is 22.9 Å². The van der Waals surface area contributed by atoms with E-state index < -0.39 is 0 Å². The zero-order chi connectivity index (χ0) is 12.3. The second-order valence-electron chi connectivity index (χ2n) is 4.01. The van der Waals surface area contributed by atoms with Crippen LogP contribution in [0.4, 0.5) is 0 Å². The van der Waals surface area contributed by atoms with E-state index in [-0.39, 0.29) is 0 Å². The van der Waals surface area contributed by atoms with E-state index in [1.165, 1.54) is 4.88 Å². The summed E-state index contributed by atoms with van der Waals surface area (Å²) >= 11 is 7.86. The maximum Gasteiger partial charge on any atom is 0.125 e. The predicted octanol–water partition coefficient (Wildman–Crippen LogP) is 3.61. The molecule has 1 N–H and O–H groups in total. The normalized spacial score (nSPS) is 12.6. The van der Waals surface area contributed by atoms with E-state index in [1.807, 2.05) is 37.5 Å². The molecule has 90 valence electrons. The molecule has 2 aromatic rings. The first-order chi connectivity index (χ1) is 8.20. The lowest BCUT2D eigenvalue weighted by Crippen LogP contribution is -2.22. The molecule has 0 aliphatic heterocycles. The summed E-state index contributed by atoms with van der Waals surface area (Å²) in [4.78, 5) is 5.72. The molecule has 17 heavy (non-hydrogen) atoms. The molecule has 0 fully saturated rings. The average molecular weight is 267 g/mol. The third kappa shape index (κ3) is 3.06. The SMILES string of the molecule is CNC(C)Cc1cnc(-c2ccccc2Cl)s1. The highest BCUT2D eigenvalue weighted by Crippen LogP contribution is 2.31. The van der Waals surface area contributed by atoms with Gasteiger partial charge in [-0.2, -0.15) is 0 Å². The number of benzene rings is 1. The largest absolute Gasteiger partial charge is 0.317 e. The van der Waals surface area contributed by atoms with Crippen molar-refractivity contribution < 1.29 is 0 Å². The van der Waals surface area contributed by atoms with Gasteiger partial charge in [-0.25, -0.2) is 4.98 Å². The van der Waals surface area contributed by atoms with Crippen molar-refractivity contribution in [3.8, 4) is 10.6 Å². The summed E-state index contributed by atoms with van der Waals surface area (Å²) in [6, 6.07) is 8.29. The molecule has 1 atom stereocenters. The van der Waals surface area contributed by atoms with Gasteiger partial charge < -0.3 is 5.32 Å². The monoisotopic (exact) mass is 266 g/mol. The fraction of sp³-hybridized carbons (Fsp3) is 0.308. The summed E-state index contributed by atoms with van der Waals surface area (Å²) in [5.41, 5.74) is 1.02. The smallest absolute Gasteiger partial charge is 0.125 e. The molecular formula is C13H15ClN2S. The van der Waals surface area contributed by atoms with Gasteiger partial charge in [-0.05, 0) is 26.5 Å². The van der Waals surface area contributed by atoms with Crippen molar-refractivity contribution in [2.75, 3.05) is 7.05 Å². The summed E-state index contributed by atoms with van der Waals surface area (Å²) in [5, 5.41) is 4.98. The molecule has 0 aliphatic carbocycles. The van der Waals surface area contributed by atoms with E-state index in [1.54, 1.807) is 11.3 Å². The molecule has 0 amide bonds. The van der Waals surface area contributed by atoms with Gasteiger partial charge in [-0.1, -0.05) is 29.8 Å². The Morgan fingerprint density at radius 1 is 1.41 bits per heavy atom. The van der Waals surface area contributed by atoms with Crippen LogP contribution < -0.4 is 5.32 Å². The Labute approximate surface area is 111 Å². The standard InChI is InChI=1S/C13H15ClN2S/c1-9(15-2)7-10-8-16-13(17-10)11-5-3-4-6-12(11)14/h3-6,8-9,15H,7H2,1-2H3. The van der Waals surface area contributed by atoms with Crippen LogP contribution in [0.3, 0.4) is 0 Å². The average Bonchev–Trinajstić information content (AvgIpc) is 2.78. The molecule has 1 aromatic heterocycles. The Bertz CT molecular complexity index is 496. The molecule has 0 aliphatic rings. The maximum absolute atomic E-state index is 6.16. The van der Waals surface area contributed by atoms with Crippen LogP contribution in [-0.2, 0) is 6.42 Å². The molecule has 0 saturated carbocycles. The summed E-state index contributed by atoms with van der Waals surface area (Å²) < 4.78 is 0. The minimum Gasteiger partial charge on any atom is -0.317 e. The summed E-state index contributed by atoms with van der Waals surface area (Å²) in [5.74, 6) is 0. The van der Waals surface area contributed by atoms with Gasteiger partial charge in [0.1, 0.15) is 5.01 Å². The van der Waals surface area contributed by atoms with Crippen LogP contribution in [0.1, 0.15) is 11.8 Å². The van der Waals surface area contributed by atoms with Gasteiger partial charge in [0.05, 0.1) is 5.02 Å². The molecular weight excluding hydrogens is 252 g/mol. The van der Waals surface area contributed by atoms with Gasteiger partial charge in [-0.15, -0.1) is 11.3 Å². The van der Waals surface area contributed by atoms with E-state index in [2.05, 4.69) is 17.2 Å². The number of rotatable bonds is 4. The van der Waals surface area contributed by atoms with E-state index in [4.69, 9.17) is 11.6 Å². The highest BCUT2D eigenvalue weighted by Gasteiger charge is 2.09. The first-order valence-corrected chi connectivity index (χ1v) is 6.77. The molecule has 0 bridgehead atoms. The Balaban J connectivity index is 2.21. The van der Waals surface area contributed by atoms with Gasteiger partial charge in [-0.3, -0.25) is 0 Å². The quantitative estimate of drug-likeness (QED) is 0.914. The lowest BCUT2D eigenvalue weighted by atomic mass is 10.2. The van der Waals surface area contributed by atoms with Crippen LogP contribution in [0.2, 0.25) is 5.02 Å². The lowest BCUT2D eigenvalue weighted by Gasteiger charge is -2.06. The number of nitrogens with zero attached hydrogens (tertiary/aromatic N) is 1. The first-order valence-electron chi connectivity index (χ1n) is 5.57. The molecule has 2 rings (SSSR count). The fourth-order valence-electron chi connectivity index (χ4n) is 1.56. The first kappa shape index (κ1) is 12.6. The van der Waals surface area contributed by atoms with E-state index in [0.717, 1.165) is 22.0 Å². The molecule has 1 unspecified atom stereocenters. The van der Waals surface area contributed by atoms with Crippen LogP contribution in [-0.4, -0.2) is 18.1 Å². The number of nitrogens with one attached hydrogen (secondary N) is 1. The zero-order valence-corrected chi connectivity index (χ0v) is 11.5. The van der Waals surface area contributed by atoms with Crippen molar-refractivity contribution in [3.63, 3.8) is 0 Å². The minimum atomic E-state index is 0.467. The second kappa shape index (κ2) is 5.63. The van der Waals surface area contributed by atoms with Crippen molar-refractivity contribution in [1.82, 2.24) is 10.3 Å². The summed E-state index contributed by atoms with van der Waals surface area (Å²) in [7, 11) is 1.97. The summed E-state index contributed by atoms with van der Waals surface area (Å²) in [6.45, 7) is 2.16. The highest BCUT2D eigenvalue weighted by molar-refractivity contribution is 7.15. The van der Waals surface area contributed by atoms with Crippen molar-refractivity contribution in [2.24, 2.45) is 0 Å². The van der Waals surface area contributed by atoms with Gasteiger partial charge in [0.25, 0.3) is 0 Å². The van der Waals surface area contributed by atoms with Crippen LogP contribution in [0, 0.1) is 0 Å². The molecule has 0 spiro atoms. The zero-order valence-electron chi connectivity index (χ0n) is 9.90. The van der Waals surface area contributed by atoms with Crippen molar-refractivity contribution in [3.05, 3.63) is 40.4 Å². The van der Waals surface area contributed by atoms with E-state index >= 15 is 0 Å². The van der Waals surface area contributed by atoms with Crippen LogP contribution in [0.25, 0.3) is 10.6 Å². The van der Waals surface area contributed by atoms with Crippen LogP contribution in [0.15, 0.2) is 30.5 Å². The third-order valence-corrected chi connectivity index (χ3v) is 4.04. The maximum atomic E-state index is 6.16. The molecule has 2 nitrogen and oxygen atoms in total. The van der Waals surface area contributed by atoms with E-state index in [9.17, 15) is 0 Å². The molecule has 4 heteroatoms. The second-order valence-corrected chi connectivity index (χ2v) is 5.53. The lowest BCUT2D eigenvalue weighted by molar-refractivity contribution is 0.612. The molecule has 1 aromatic carbocycles. The number of hydrogen-bond acceptors (Lipinski definition) is 3. The number of aromatic nitrogens is 1.